The summed E-state index contributed by atoms with van der Waals surface area (Å²) in [5, 5.41) is 5.66. The highest BCUT2D eigenvalue weighted by atomic mass is 16.1. The molecule has 2 N–H and O–H groups in total. The molecule has 1 amide bonds. The second kappa shape index (κ2) is 5.90. The van der Waals surface area contributed by atoms with E-state index in [1.807, 2.05) is 19.2 Å². The Labute approximate surface area is 95.0 Å². The Kier molecular flexibility index (Phi) is 4.51. The van der Waals surface area contributed by atoms with Gasteiger partial charge in [0.15, 0.2) is 0 Å². The zero-order valence-corrected chi connectivity index (χ0v) is 9.54. The molecule has 0 spiro atoms. The van der Waals surface area contributed by atoms with Gasteiger partial charge in [0, 0.05) is 31.3 Å². The molecule has 4 nitrogen and oxygen atoms in total. The SMILES string of the molecule is CNc1ccc(C(=O)NCCC(C)=O)cc1. The Morgan fingerprint density at radius 3 is 2.31 bits per heavy atom. The van der Waals surface area contributed by atoms with E-state index in [1.54, 1.807) is 12.1 Å². The summed E-state index contributed by atoms with van der Waals surface area (Å²) in [7, 11) is 1.82. The number of anilines is 1. The first-order valence-corrected chi connectivity index (χ1v) is 5.19. The molecule has 16 heavy (non-hydrogen) atoms. The minimum Gasteiger partial charge on any atom is -0.388 e. The van der Waals surface area contributed by atoms with Crippen molar-refractivity contribution in [1.82, 2.24) is 5.32 Å². The average Bonchev–Trinajstić information content (AvgIpc) is 2.28. The van der Waals surface area contributed by atoms with Crippen molar-refractivity contribution in [3.05, 3.63) is 29.8 Å². The molecule has 0 aliphatic rings. The van der Waals surface area contributed by atoms with Crippen molar-refractivity contribution in [2.24, 2.45) is 0 Å². The van der Waals surface area contributed by atoms with E-state index < -0.39 is 0 Å². The number of nitrogens with one attached hydrogen (secondary N) is 2. The van der Waals surface area contributed by atoms with Crippen LogP contribution in [0.3, 0.4) is 0 Å². The lowest BCUT2D eigenvalue weighted by Crippen LogP contribution is -2.25. The molecule has 0 bridgehead atoms. The lowest BCUT2D eigenvalue weighted by molar-refractivity contribution is -0.116. The van der Waals surface area contributed by atoms with Crippen LogP contribution >= 0.6 is 0 Å². The van der Waals surface area contributed by atoms with Crippen molar-refractivity contribution in [2.45, 2.75) is 13.3 Å². The molecule has 0 saturated carbocycles. The van der Waals surface area contributed by atoms with E-state index in [0.29, 0.717) is 18.5 Å². The summed E-state index contributed by atoms with van der Waals surface area (Å²) >= 11 is 0. The van der Waals surface area contributed by atoms with Crippen molar-refractivity contribution >= 4 is 17.4 Å². The number of hydrogen-bond acceptors (Lipinski definition) is 3. The fourth-order valence-electron chi connectivity index (χ4n) is 1.24. The van der Waals surface area contributed by atoms with Crippen LogP contribution in [0.25, 0.3) is 0 Å². The van der Waals surface area contributed by atoms with E-state index in [-0.39, 0.29) is 11.7 Å². The molecule has 4 heteroatoms. The maximum atomic E-state index is 11.6. The number of hydrogen-bond donors (Lipinski definition) is 2. The molecule has 0 radical (unpaired) electrons. The predicted molar refractivity (Wildman–Crippen MR) is 63.6 cm³/mol. The first-order valence-electron chi connectivity index (χ1n) is 5.19. The van der Waals surface area contributed by atoms with Crippen LogP contribution in [-0.2, 0) is 4.79 Å². The van der Waals surface area contributed by atoms with E-state index >= 15 is 0 Å². The Bertz CT molecular complexity index is 371. The van der Waals surface area contributed by atoms with Crippen LogP contribution in [0, 0.1) is 0 Å². The molecular formula is C12H16N2O2. The molecule has 0 fully saturated rings. The average molecular weight is 220 g/mol. The minimum absolute atomic E-state index is 0.0748. The van der Waals surface area contributed by atoms with Crippen LogP contribution in [0.1, 0.15) is 23.7 Å². The van der Waals surface area contributed by atoms with Gasteiger partial charge in [0.2, 0.25) is 0 Å². The number of rotatable bonds is 5. The second-order valence-corrected chi connectivity index (χ2v) is 3.54. The molecule has 1 aromatic rings. The van der Waals surface area contributed by atoms with Crippen molar-refractivity contribution in [2.75, 3.05) is 18.9 Å². The first-order chi connectivity index (χ1) is 7.63. The number of carbonyl (C=O) groups is 2. The standard InChI is InChI=1S/C12H16N2O2/c1-9(15)7-8-14-12(16)10-3-5-11(13-2)6-4-10/h3-6,13H,7-8H2,1-2H3,(H,14,16). The maximum absolute atomic E-state index is 11.6. The first kappa shape index (κ1) is 12.2. The number of benzene rings is 1. The Morgan fingerprint density at radius 1 is 1.19 bits per heavy atom. The number of Topliss-reactive ketones (excluding diaryl/α,β-unsaturated/α-hetero) is 1. The van der Waals surface area contributed by atoms with Crippen LogP contribution in [-0.4, -0.2) is 25.3 Å². The molecule has 0 heterocycles. The van der Waals surface area contributed by atoms with Gasteiger partial charge in [-0.2, -0.15) is 0 Å². The monoisotopic (exact) mass is 220 g/mol. The van der Waals surface area contributed by atoms with Gasteiger partial charge in [-0.05, 0) is 31.2 Å². The van der Waals surface area contributed by atoms with Crippen LogP contribution in [0.2, 0.25) is 0 Å². The van der Waals surface area contributed by atoms with Crippen LogP contribution in [0.4, 0.5) is 5.69 Å². The lowest BCUT2D eigenvalue weighted by Gasteiger charge is -2.05. The summed E-state index contributed by atoms with van der Waals surface area (Å²) in [6, 6.07) is 7.16. The van der Waals surface area contributed by atoms with Gasteiger partial charge in [-0.15, -0.1) is 0 Å². The van der Waals surface area contributed by atoms with E-state index in [1.165, 1.54) is 6.92 Å². The van der Waals surface area contributed by atoms with Gasteiger partial charge < -0.3 is 10.6 Å². The largest absolute Gasteiger partial charge is 0.388 e. The zero-order chi connectivity index (χ0) is 12.0. The molecule has 0 atom stereocenters. The summed E-state index contributed by atoms with van der Waals surface area (Å²) < 4.78 is 0. The van der Waals surface area contributed by atoms with E-state index in [9.17, 15) is 9.59 Å². The van der Waals surface area contributed by atoms with Gasteiger partial charge in [0.1, 0.15) is 5.78 Å². The Hall–Kier alpha value is -1.84. The van der Waals surface area contributed by atoms with Gasteiger partial charge in [0.25, 0.3) is 5.91 Å². The molecule has 0 aromatic heterocycles. The molecular weight excluding hydrogens is 204 g/mol. The van der Waals surface area contributed by atoms with Crippen LogP contribution in [0.15, 0.2) is 24.3 Å². The predicted octanol–water partition coefficient (Wildman–Crippen LogP) is 1.44. The second-order valence-electron chi connectivity index (χ2n) is 3.54. The van der Waals surface area contributed by atoms with Gasteiger partial charge in [-0.25, -0.2) is 0 Å². The third-order valence-electron chi connectivity index (χ3n) is 2.20. The van der Waals surface area contributed by atoms with E-state index in [0.717, 1.165) is 5.69 Å². The van der Waals surface area contributed by atoms with Gasteiger partial charge >= 0.3 is 0 Å². The van der Waals surface area contributed by atoms with Gasteiger partial charge in [0.05, 0.1) is 0 Å². The topological polar surface area (TPSA) is 58.2 Å². The quantitative estimate of drug-likeness (QED) is 0.789. The summed E-state index contributed by atoms with van der Waals surface area (Å²) in [6.07, 6.45) is 0.375. The summed E-state index contributed by atoms with van der Waals surface area (Å²) in [5.74, 6) is -0.0743. The van der Waals surface area contributed by atoms with Crippen molar-refractivity contribution in [1.29, 1.82) is 0 Å². The zero-order valence-electron chi connectivity index (χ0n) is 9.54. The van der Waals surface area contributed by atoms with Crippen molar-refractivity contribution in [3.8, 4) is 0 Å². The lowest BCUT2D eigenvalue weighted by atomic mass is 10.2. The van der Waals surface area contributed by atoms with Gasteiger partial charge in [-0.1, -0.05) is 0 Å². The summed E-state index contributed by atoms with van der Waals surface area (Å²) in [4.78, 5) is 22.3. The highest BCUT2D eigenvalue weighted by Crippen LogP contribution is 2.08. The fourth-order valence-corrected chi connectivity index (χ4v) is 1.24. The molecule has 0 saturated heterocycles. The maximum Gasteiger partial charge on any atom is 0.251 e. The highest BCUT2D eigenvalue weighted by Gasteiger charge is 2.04. The van der Waals surface area contributed by atoms with Crippen LogP contribution in [0.5, 0.6) is 0 Å². The van der Waals surface area contributed by atoms with Crippen molar-refractivity contribution in [3.63, 3.8) is 0 Å². The Balaban J connectivity index is 2.49. The number of ketones is 1. The summed E-state index contributed by atoms with van der Waals surface area (Å²) in [6.45, 7) is 1.90. The highest BCUT2D eigenvalue weighted by molar-refractivity contribution is 5.94. The van der Waals surface area contributed by atoms with E-state index in [2.05, 4.69) is 10.6 Å². The molecule has 0 aliphatic heterocycles. The molecule has 0 unspecified atom stereocenters. The number of carbonyl (C=O) groups excluding carboxylic acids is 2. The van der Waals surface area contributed by atoms with Gasteiger partial charge in [-0.3, -0.25) is 9.59 Å². The Morgan fingerprint density at radius 2 is 1.81 bits per heavy atom. The van der Waals surface area contributed by atoms with Crippen LogP contribution < -0.4 is 10.6 Å². The third kappa shape index (κ3) is 3.73. The van der Waals surface area contributed by atoms with E-state index in [4.69, 9.17) is 0 Å². The third-order valence-corrected chi connectivity index (χ3v) is 2.20. The smallest absolute Gasteiger partial charge is 0.251 e. The fraction of sp³-hybridized carbons (Fsp3) is 0.333. The molecule has 0 aliphatic carbocycles. The normalized spacial score (nSPS) is 9.62. The number of amides is 1. The molecule has 86 valence electrons. The molecule has 1 aromatic carbocycles. The summed E-state index contributed by atoms with van der Waals surface area (Å²) in [5.41, 5.74) is 1.56. The molecule has 1 rings (SSSR count). The van der Waals surface area contributed by atoms with Crippen molar-refractivity contribution < 1.29 is 9.59 Å². The minimum atomic E-state index is -0.149.